The number of alkyl halides is 24. The number of carboxylic acid groups (broad SMARTS) is 2. The molecule has 0 spiro atoms. The zero-order valence-electron chi connectivity index (χ0n) is 75.8. The number of quaternary nitrogens is 1. The van der Waals surface area contributed by atoms with Gasteiger partial charge in [0.05, 0.1) is 149 Å². The molecule has 0 saturated carbocycles. The summed E-state index contributed by atoms with van der Waals surface area (Å²) < 4.78 is 263. The molecular formula is C79H79Br9Cl4F20FeN11O22+. The molecule has 0 aromatic heterocycles. The number of likely N-dealkylation sites (N-methyl/N-ethyl adjacent to an activating group) is 1. The number of hydroxylamine groups is 3. The van der Waals surface area contributed by atoms with Crippen molar-refractivity contribution in [1.29, 1.82) is 5.26 Å². The molecule has 820 valence electrons. The van der Waals surface area contributed by atoms with Gasteiger partial charge < -0.3 is 36.3 Å². The van der Waals surface area contributed by atoms with Gasteiger partial charge in [0, 0.05) is 115 Å². The number of anilines is 2. The maximum absolute atomic E-state index is 13.0. The zero-order valence-corrected chi connectivity index (χ0v) is 93.2. The summed E-state index contributed by atoms with van der Waals surface area (Å²) in [6.45, 7) is 19.4. The van der Waals surface area contributed by atoms with Crippen molar-refractivity contribution < 1.29 is 194 Å². The number of nitrogens with zero attached hydrogens (tertiary/aromatic N) is 9. The van der Waals surface area contributed by atoms with Crippen LogP contribution in [0.25, 0.3) is 0 Å². The number of ether oxygens (including phenoxy) is 2. The number of carbonyl (C=O) groups is 6. The minimum absolute atomic E-state index is 0. The summed E-state index contributed by atoms with van der Waals surface area (Å²) >= 11 is 44.8. The molecule has 2 aliphatic heterocycles. The average Bonchev–Trinajstić information content (AvgIpc) is 1.79. The maximum atomic E-state index is 13.0. The summed E-state index contributed by atoms with van der Waals surface area (Å²) in [6.07, 6.45) is -26.2. The number of aromatic carboxylic acids is 2. The Hall–Kier alpha value is -8.17. The van der Waals surface area contributed by atoms with Gasteiger partial charge in [-0.1, -0.05) is 183 Å². The molecule has 7 aromatic rings. The predicted molar refractivity (Wildman–Crippen MR) is 524 cm³/mol. The monoisotopic (exact) mass is 2820 g/mol. The van der Waals surface area contributed by atoms with E-state index in [0.717, 1.165) is 111 Å². The molecule has 2 aliphatic rings. The van der Waals surface area contributed by atoms with Gasteiger partial charge in [-0.25, -0.2) is 32.7 Å². The number of esters is 1. The molecule has 33 nitrogen and oxygen atoms in total. The van der Waals surface area contributed by atoms with Crippen LogP contribution in [0.1, 0.15) is 156 Å². The molecule has 0 unspecified atom stereocenters. The van der Waals surface area contributed by atoms with Crippen LogP contribution in [-0.4, -0.2) is 156 Å². The van der Waals surface area contributed by atoms with Crippen molar-refractivity contribution in [2.24, 2.45) is 0 Å². The maximum Gasteiger partial charge on any atom is 0.417 e. The van der Waals surface area contributed by atoms with Crippen LogP contribution in [0.15, 0.2) is 129 Å². The standard InChI is InChI=1S/C9H7BrF3NO2.C8H4Br2F3NO2.C8H3BrF3NO3.2C8H5BrF3NO2.C8H6F3NO2.C7H3BrFNO4.C5H6Br2N2O2.C5H12NO2.C5H10.C3H8O.C2H3N.CCl4.CH3F.CH4.Fe/c1-16-8(15)7-5(9(11,12)13)2-4(10)3-6(7)14;9-3-5-6(8(11,12)13)1-4(10)2-7(5)14(15)16;9-4-1-6(8(10,11)12)5(3-14)7(2-4)13(15)16;1-4-6(8(10,11)12)2-5(9)3-7(4)13(14)15;9-3-1-4(8(10,11)12)6(7(14)15)5(13)2-3;1-5-6(8(9,10)11)3-2-4-7(5)12(13)14;8-3-1-4(9)6(7(11)12)5(2-3)10(13)14;1-5(2)3(10)8(6)4(11)9(5)7;1-6(7)2-4-8-5-3-6;1-4-5(2)3;1-3(2)4;1-2-3;2-1(3,4)5;1-2;;/h2-3H,14H2,1H3;1-2H,3H2;1-3H;2-3H,1H3;1-2H,13H2,(H,14,15);2-4H,1H3;1-2H,(H,11,12);1-2H3;7H,2-5H2,1H3;4H,1-3H3;3-4H,1-2H3;1H3;;1H3;1H4;/q;;;;;;;;+1;;;;;;;/i;;;;;;;;;;;;;1D;;. The number of aldehydes is 1. The van der Waals surface area contributed by atoms with Gasteiger partial charge in [0.1, 0.15) is 30.0 Å². The number of nitro benzene ring substituents is 5. The second-order valence-electron chi connectivity index (χ2n) is 27.3. The Labute approximate surface area is 923 Å². The number of halogens is 33. The number of nitro groups is 5. The number of carboxylic acids is 2. The molecule has 7 aromatic carbocycles. The van der Waals surface area contributed by atoms with Crippen molar-refractivity contribution >= 4 is 266 Å². The molecule has 0 atom stereocenters. The number of aliphatic hydroxyl groups is 1. The Bertz CT molecular complexity index is 5710. The van der Waals surface area contributed by atoms with Crippen LogP contribution >= 0.6 is 190 Å². The summed E-state index contributed by atoms with van der Waals surface area (Å²) in [6, 6.07) is 15.0. The molecule has 0 radical (unpaired) electrons. The topological polar surface area (TPSA) is 500 Å². The molecule has 2 heterocycles. The Morgan fingerprint density at radius 2 is 0.890 bits per heavy atom. The number of carbonyl (C=O) groups excluding carboxylic acids is 4. The van der Waals surface area contributed by atoms with Crippen LogP contribution in [0, 0.1) is 81.6 Å². The zero-order chi connectivity index (χ0) is 116. The fourth-order valence-corrected chi connectivity index (χ4v) is 13.6. The van der Waals surface area contributed by atoms with Crippen molar-refractivity contribution in [3.8, 4) is 6.07 Å². The summed E-state index contributed by atoms with van der Waals surface area (Å²) in [5, 5.41) is 93.8. The summed E-state index contributed by atoms with van der Waals surface area (Å²) in [7, 11) is 1.78. The molecule has 2 fully saturated rings. The molecule has 146 heavy (non-hydrogen) atoms. The molecule has 67 heteroatoms. The van der Waals surface area contributed by atoms with E-state index in [9.17, 15) is 172 Å². The quantitative estimate of drug-likeness (QED) is 0.00602. The van der Waals surface area contributed by atoms with Gasteiger partial charge in [-0.05, 0) is 117 Å². The first-order valence-corrected chi connectivity index (χ1v) is 45.6. The van der Waals surface area contributed by atoms with Gasteiger partial charge in [-0.15, -0.1) is 0 Å². The number of imide groups is 1. The number of nitrogen functional groups attached to an aromatic ring is 2. The molecule has 2 saturated heterocycles. The first-order valence-electron chi connectivity index (χ1n) is 37.5. The molecule has 0 aliphatic carbocycles. The van der Waals surface area contributed by atoms with E-state index in [1.54, 1.807) is 40.8 Å². The van der Waals surface area contributed by atoms with Crippen molar-refractivity contribution in [3.05, 3.63) is 258 Å². The molecule has 3 amide bonds. The normalized spacial score (nSPS) is 12.5. The summed E-state index contributed by atoms with van der Waals surface area (Å²) in [5.41, 5.74) is -4.12. The van der Waals surface area contributed by atoms with Gasteiger partial charge in [0.25, 0.3) is 37.6 Å². The number of rotatable bonds is 10. The van der Waals surface area contributed by atoms with Crippen molar-refractivity contribution in [1.82, 2.24) is 7.85 Å². The third-order valence-electron chi connectivity index (χ3n) is 15.7. The van der Waals surface area contributed by atoms with Gasteiger partial charge >= 0.3 is 61.0 Å². The van der Waals surface area contributed by atoms with Crippen LogP contribution in [0.3, 0.4) is 0 Å². The number of methoxy groups -OCH3 is 1. The van der Waals surface area contributed by atoms with E-state index in [4.69, 9.17) is 84.6 Å². The number of benzene rings is 7. The number of urea groups is 1. The number of hydrogen-bond donors (Lipinski definition) is 6. The molecule has 8 N–H and O–H groups in total. The van der Waals surface area contributed by atoms with E-state index in [0.29, 0.717) is 25.3 Å². The first-order chi connectivity index (χ1) is 65.5. The van der Waals surface area contributed by atoms with Gasteiger partial charge in [0.2, 0.25) is 0 Å². The third-order valence-corrected chi connectivity index (χ3v) is 20.8. The van der Waals surface area contributed by atoms with Crippen LogP contribution in [0.2, 0.25) is 0 Å². The number of allylic oxidation sites excluding steroid dienone is 2. The fraction of sp³-hybridized carbons (Fsp3) is 0.354. The minimum Gasteiger partial charge on any atom is -0.478 e. The van der Waals surface area contributed by atoms with Crippen molar-refractivity contribution in [2.75, 3.05) is 59.1 Å². The second-order valence-corrected chi connectivity index (χ2v) is 38.2. The Morgan fingerprint density at radius 3 is 1.17 bits per heavy atom. The van der Waals surface area contributed by atoms with E-state index >= 15 is 0 Å². The average molecular weight is 2830 g/mol. The molecular weight excluding hydrogens is 2750 g/mol. The van der Waals surface area contributed by atoms with Gasteiger partial charge in [-0.3, -0.25) is 64.6 Å². The fourth-order valence-electron chi connectivity index (χ4n) is 9.22. The van der Waals surface area contributed by atoms with E-state index < -0.39 is 197 Å². The van der Waals surface area contributed by atoms with Gasteiger partial charge in [-0.2, -0.15) is 92.9 Å². The number of aliphatic hydroxyl groups excluding tert-OH is 1. The smallest absolute Gasteiger partial charge is 0.417 e. The van der Waals surface area contributed by atoms with Crippen molar-refractivity contribution in [3.63, 3.8) is 0 Å². The SMILES string of the molecule is C.CC#N.CC(C)O.CC1(C)C(=O)N(Br)C(=O)N1Br.CC=C(C)C.COC(=O)c1c(N)cc(Br)cc1C(F)(F)F.C[N+]1(O)CCOCC1.Cc1c([N+](=O)[O-])cc(Br)cc1C(F)(F)F.Cc1c([N+](=O)[O-])cccc1C(F)(F)F.ClC(Cl)(Cl)Cl.Nc1cc(Br)cc(C(F)(F)F)c1C(=O)O.O=C(O)c1c(F)cc(Br)cc1[N+](=O)[O-].O=Cc1c([N+](=O)[O-])cc(Br)cc1C(F)(F)F.O=[N+]([O-])c1cc(Br)cc(C(F)(F)F)c1CBr.[2H]CF.[Fe]. The predicted octanol–water partition coefficient (Wildman–Crippen LogP) is 30.0. The van der Waals surface area contributed by atoms with Crippen LogP contribution in [0.4, 0.5) is 132 Å². The number of amides is 3. The number of hydrogen-bond acceptors (Lipinski definition) is 23. The Morgan fingerprint density at radius 1 is 0.596 bits per heavy atom. The van der Waals surface area contributed by atoms with Gasteiger partial charge in [0.15, 0.2) is 11.8 Å². The summed E-state index contributed by atoms with van der Waals surface area (Å²) in [5.74, 6) is -5.90. The Balaban J connectivity index is -0.000000293. The third kappa shape index (κ3) is 55.0. The largest absolute Gasteiger partial charge is 0.478 e. The molecule has 0 bridgehead atoms. The Kier molecular flexibility index (Phi) is 68.3. The van der Waals surface area contributed by atoms with E-state index in [2.05, 4.69) is 168 Å². The first kappa shape index (κ1) is 148. The van der Waals surface area contributed by atoms with Crippen LogP contribution in [-0.2, 0) is 73.7 Å². The van der Waals surface area contributed by atoms with E-state index in [1.807, 2.05) is 6.92 Å². The number of morpholine rings is 1. The van der Waals surface area contributed by atoms with Crippen molar-refractivity contribution in [2.45, 2.75) is 134 Å². The number of nitrogens with two attached hydrogens (primary N) is 2. The van der Waals surface area contributed by atoms with E-state index in [-0.39, 0.29) is 102 Å². The number of nitriles is 1. The minimum atomic E-state index is -4.81. The van der Waals surface area contributed by atoms with E-state index in [1.165, 1.54) is 22.5 Å². The van der Waals surface area contributed by atoms with Crippen LogP contribution < -0.4 is 11.5 Å². The molecule has 9 rings (SSSR count). The second kappa shape index (κ2) is 67.2. The summed E-state index contributed by atoms with van der Waals surface area (Å²) in [4.78, 5) is 113. The van der Waals surface area contributed by atoms with Crippen LogP contribution in [0.5, 0.6) is 0 Å².